The molecule has 2 heteroatoms. The van der Waals surface area contributed by atoms with Gasteiger partial charge in [-0.15, -0.1) is 0 Å². The molecule has 15 heavy (non-hydrogen) atoms. The molecule has 1 rings (SSSR count). The molecular weight excluding hydrogens is 188 g/mol. The average Bonchev–Trinajstić information content (AvgIpc) is 2.29. The lowest BCUT2D eigenvalue weighted by Gasteiger charge is -2.30. The number of rotatable bonds is 6. The lowest BCUT2D eigenvalue weighted by molar-refractivity contribution is -0.107. The minimum absolute atomic E-state index is 0.0112. The van der Waals surface area contributed by atoms with E-state index in [0.29, 0.717) is 11.7 Å². The molecule has 0 aromatic carbocycles. The monoisotopic (exact) mass is 210 g/mol. The van der Waals surface area contributed by atoms with Crippen LogP contribution in [0, 0.1) is 0 Å². The fourth-order valence-electron chi connectivity index (χ4n) is 2.08. The highest BCUT2D eigenvalue weighted by molar-refractivity contribution is 5.73. The fourth-order valence-corrected chi connectivity index (χ4v) is 2.08. The molecule has 0 spiro atoms. The van der Waals surface area contributed by atoms with Crippen molar-refractivity contribution < 1.29 is 9.53 Å². The van der Waals surface area contributed by atoms with Crippen molar-refractivity contribution in [3.05, 3.63) is 12.2 Å². The van der Waals surface area contributed by atoms with Crippen molar-refractivity contribution in [2.24, 2.45) is 0 Å². The number of aldehydes is 1. The Kier molecular flexibility index (Phi) is 5.62. The molecule has 0 amide bonds. The molecule has 2 atom stereocenters. The molecule has 0 N–H and O–H groups in total. The van der Waals surface area contributed by atoms with Crippen LogP contribution in [0.5, 0.6) is 0 Å². The predicted octanol–water partition coefficient (Wildman–Crippen LogP) is 3.26. The summed E-state index contributed by atoms with van der Waals surface area (Å²) in [5.41, 5.74) is 0.607. The van der Waals surface area contributed by atoms with Gasteiger partial charge in [0.2, 0.25) is 0 Å². The number of ether oxygens (including phenoxy) is 1. The van der Waals surface area contributed by atoms with Gasteiger partial charge >= 0.3 is 0 Å². The Balaban J connectivity index is 2.28. The fraction of sp³-hybridized carbons (Fsp3) is 0.769. The summed E-state index contributed by atoms with van der Waals surface area (Å²) in [6, 6.07) is 0. The highest BCUT2D eigenvalue weighted by Crippen LogP contribution is 2.25. The van der Waals surface area contributed by atoms with Crippen LogP contribution in [0.2, 0.25) is 0 Å². The molecule has 0 bridgehead atoms. The van der Waals surface area contributed by atoms with Crippen molar-refractivity contribution in [2.45, 2.75) is 64.1 Å². The van der Waals surface area contributed by atoms with Crippen molar-refractivity contribution in [1.82, 2.24) is 0 Å². The van der Waals surface area contributed by atoms with Crippen LogP contribution in [-0.2, 0) is 9.53 Å². The molecular formula is C13H22O2. The second-order valence-corrected chi connectivity index (χ2v) is 4.37. The molecule has 1 aliphatic rings. The number of carbonyl (C=O) groups excluding carboxylic acids is 1. The van der Waals surface area contributed by atoms with E-state index >= 15 is 0 Å². The van der Waals surface area contributed by atoms with Gasteiger partial charge in [0.15, 0.2) is 0 Å². The Bertz CT molecular complexity index is 211. The molecule has 2 unspecified atom stereocenters. The van der Waals surface area contributed by atoms with E-state index in [2.05, 4.69) is 13.5 Å². The van der Waals surface area contributed by atoms with Gasteiger partial charge in [-0.1, -0.05) is 32.8 Å². The lowest BCUT2D eigenvalue weighted by Crippen LogP contribution is -2.29. The first-order valence-corrected chi connectivity index (χ1v) is 6.07. The third kappa shape index (κ3) is 4.17. The summed E-state index contributed by atoms with van der Waals surface area (Å²) in [4.78, 5) is 10.6. The minimum Gasteiger partial charge on any atom is -0.370 e. The smallest absolute Gasteiger partial charge is 0.148 e. The van der Waals surface area contributed by atoms with E-state index in [4.69, 9.17) is 4.74 Å². The van der Waals surface area contributed by atoms with Crippen LogP contribution in [0.15, 0.2) is 12.2 Å². The lowest BCUT2D eigenvalue weighted by atomic mass is 9.97. The summed E-state index contributed by atoms with van der Waals surface area (Å²) in [5.74, 6) is 0. The number of unbranched alkanes of at least 4 members (excludes halogenated alkanes) is 2. The van der Waals surface area contributed by atoms with Crippen LogP contribution < -0.4 is 0 Å². The summed E-state index contributed by atoms with van der Waals surface area (Å²) in [6.07, 6.45) is 9.34. The van der Waals surface area contributed by atoms with E-state index < -0.39 is 0 Å². The summed E-state index contributed by atoms with van der Waals surface area (Å²) >= 11 is 0. The number of hydrogen-bond donors (Lipinski definition) is 0. The summed E-state index contributed by atoms with van der Waals surface area (Å²) in [7, 11) is 0. The Morgan fingerprint density at radius 1 is 1.47 bits per heavy atom. The maximum absolute atomic E-state index is 10.6. The van der Waals surface area contributed by atoms with E-state index in [0.717, 1.165) is 32.0 Å². The van der Waals surface area contributed by atoms with Gasteiger partial charge in [0.05, 0.1) is 12.2 Å². The topological polar surface area (TPSA) is 26.3 Å². The zero-order valence-corrected chi connectivity index (χ0v) is 9.71. The first kappa shape index (κ1) is 12.4. The maximum Gasteiger partial charge on any atom is 0.148 e. The summed E-state index contributed by atoms with van der Waals surface area (Å²) in [5, 5.41) is 0. The minimum atomic E-state index is -0.0112. The molecule has 0 aromatic heterocycles. The summed E-state index contributed by atoms with van der Waals surface area (Å²) < 4.78 is 5.85. The first-order valence-electron chi connectivity index (χ1n) is 6.07. The third-order valence-electron chi connectivity index (χ3n) is 3.04. The van der Waals surface area contributed by atoms with E-state index in [1.54, 1.807) is 0 Å². The van der Waals surface area contributed by atoms with E-state index in [-0.39, 0.29) is 6.10 Å². The quantitative estimate of drug-likeness (QED) is 0.382. The second-order valence-electron chi connectivity index (χ2n) is 4.37. The van der Waals surface area contributed by atoms with Gasteiger partial charge in [-0.3, -0.25) is 4.79 Å². The predicted molar refractivity (Wildman–Crippen MR) is 61.9 cm³/mol. The van der Waals surface area contributed by atoms with E-state index in [1.807, 2.05) is 0 Å². The van der Waals surface area contributed by atoms with Crippen LogP contribution in [0.25, 0.3) is 0 Å². The second kappa shape index (κ2) is 6.78. The maximum atomic E-state index is 10.6. The van der Waals surface area contributed by atoms with Crippen molar-refractivity contribution in [2.75, 3.05) is 0 Å². The molecule has 1 aliphatic heterocycles. The van der Waals surface area contributed by atoms with Gasteiger partial charge in [0.1, 0.15) is 6.29 Å². The molecule has 1 saturated heterocycles. The average molecular weight is 210 g/mol. The van der Waals surface area contributed by atoms with Crippen molar-refractivity contribution >= 4 is 6.29 Å². The zero-order chi connectivity index (χ0) is 11.1. The van der Waals surface area contributed by atoms with Crippen LogP contribution in [0.4, 0.5) is 0 Å². The molecule has 0 aromatic rings. The molecule has 0 saturated carbocycles. The number of carbonyl (C=O) groups is 1. The molecule has 1 fully saturated rings. The zero-order valence-electron chi connectivity index (χ0n) is 9.71. The van der Waals surface area contributed by atoms with Gasteiger partial charge in [-0.2, -0.15) is 0 Å². The van der Waals surface area contributed by atoms with Crippen LogP contribution in [0.1, 0.15) is 51.9 Å². The van der Waals surface area contributed by atoms with Crippen LogP contribution in [-0.4, -0.2) is 18.5 Å². The highest BCUT2D eigenvalue weighted by Gasteiger charge is 2.23. The van der Waals surface area contributed by atoms with Crippen LogP contribution >= 0.6 is 0 Å². The highest BCUT2D eigenvalue weighted by atomic mass is 16.5. The first-order chi connectivity index (χ1) is 7.27. The summed E-state index contributed by atoms with van der Waals surface area (Å²) in [6.45, 7) is 5.94. The standard InChI is InChI=1S/C13H22O2/c1-3-4-5-7-12-8-6-9-13(15-12)11(2)10-14/h10,12-13H,2-9H2,1H3. The van der Waals surface area contributed by atoms with Crippen molar-refractivity contribution in [3.63, 3.8) is 0 Å². The Hall–Kier alpha value is -0.630. The Morgan fingerprint density at radius 3 is 2.93 bits per heavy atom. The van der Waals surface area contributed by atoms with Gasteiger partial charge in [-0.25, -0.2) is 0 Å². The third-order valence-corrected chi connectivity index (χ3v) is 3.04. The largest absolute Gasteiger partial charge is 0.370 e. The molecule has 0 radical (unpaired) electrons. The van der Waals surface area contributed by atoms with Crippen molar-refractivity contribution in [3.8, 4) is 0 Å². The van der Waals surface area contributed by atoms with Gasteiger partial charge in [0.25, 0.3) is 0 Å². The number of hydrogen-bond acceptors (Lipinski definition) is 2. The van der Waals surface area contributed by atoms with Gasteiger partial charge in [0, 0.05) is 5.57 Å². The van der Waals surface area contributed by atoms with Gasteiger partial charge in [-0.05, 0) is 25.7 Å². The van der Waals surface area contributed by atoms with E-state index in [1.165, 1.54) is 19.3 Å². The van der Waals surface area contributed by atoms with Gasteiger partial charge < -0.3 is 4.74 Å². The molecule has 1 heterocycles. The van der Waals surface area contributed by atoms with E-state index in [9.17, 15) is 4.79 Å². The van der Waals surface area contributed by atoms with Crippen molar-refractivity contribution in [1.29, 1.82) is 0 Å². The normalized spacial score (nSPS) is 26.2. The molecule has 86 valence electrons. The molecule has 0 aliphatic carbocycles. The Morgan fingerprint density at radius 2 is 2.27 bits per heavy atom. The Labute approximate surface area is 92.7 Å². The van der Waals surface area contributed by atoms with Crippen LogP contribution in [0.3, 0.4) is 0 Å². The SMILES string of the molecule is C=C(C=O)C1CCCC(CCCCC)O1. The molecule has 2 nitrogen and oxygen atoms in total.